The lowest BCUT2D eigenvalue weighted by Gasteiger charge is -2.11. The highest BCUT2D eigenvalue weighted by Crippen LogP contribution is 2.14. The molecular weight excluding hydrogens is 1050 g/mol. The summed E-state index contributed by atoms with van der Waals surface area (Å²) < 4.78 is 9.95. The van der Waals surface area contributed by atoms with Gasteiger partial charge in [0.25, 0.3) is 0 Å². The molecule has 10 rings (SSSR count). The van der Waals surface area contributed by atoms with Gasteiger partial charge in [-0.15, -0.1) is 0 Å². The van der Waals surface area contributed by atoms with Gasteiger partial charge in [0.2, 0.25) is 0 Å². The number of thioether (sulfide) groups is 2. The van der Waals surface area contributed by atoms with Crippen LogP contribution in [0.1, 0.15) is 261 Å². The van der Waals surface area contributed by atoms with E-state index in [1.165, 1.54) is 133 Å². The Bertz CT molecular complexity index is 578. The van der Waals surface area contributed by atoms with Gasteiger partial charge in [-0.3, -0.25) is 0 Å². The summed E-state index contributed by atoms with van der Waals surface area (Å²) in [5, 5.41) is 34.6. The maximum absolute atomic E-state index is 5.01. The molecular formula is C67H175N11O2S2. The average Bonchev–Trinajstić information content (AvgIpc) is 4.43. The second-order valence-electron chi connectivity index (χ2n) is 13.7. The Balaban J connectivity index is -0.0000000366. The summed E-state index contributed by atoms with van der Waals surface area (Å²) in [5.41, 5.74) is 0. The molecule has 0 saturated carbocycles. The molecule has 8 fully saturated rings. The fourth-order valence-electron chi connectivity index (χ4n) is 5.39. The van der Waals surface area contributed by atoms with E-state index in [0.717, 1.165) is 98.7 Å². The van der Waals surface area contributed by atoms with Crippen molar-refractivity contribution in [1.82, 2.24) is 58.5 Å². The lowest BCUT2D eigenvalue weighted by molar-refractivity contribution is 0.109. The van der Waals surface area contributed by atoms with Gasteiger partial charge in [0, 0.05) is 116 Å². The molecule has 522 valence electrons. The molecule has 0 radical (unpaired) electrons. The highest BCUT2D eigenvalue weighted by Gasteiger charge is 1.97. The number of nitrogens with one attached hydrogen (secondary N) is 11. The number of piperidine rings is 1. The number of rotatable bonds is 0. The van der Waals surface area contributed by atoms with Crippen molar-refractivity contribution < 1.29 is 9.47 Å². The third-order valence-corrected chi connectivity index (χ3v) is 10.8. The van der Waals surface area contributed by atoms with Crippen molar-refractivity contribution in [3.8, 4) is 0 Å². The van der Waals surface area contributed by atoms with Gasteiger partial charge in [0.05, 0.1) is 19.9 Å². The predicted octanol–water partition coefficient (Wildman–Crippen LogP) is 16.9. The third kappa shape index (κ3) is 165. The van der Waals surface area contributed by atoms with Crippen LogP contribution >= 0.6 is 23.5 Å². The maximum atomic E-state index is 5.01. The van der Waals surface area contributed by atoms with Crippen LogP contribution in [0.2, 0.25) is 0 Å². The van der Waals surface area contributed by atoms with Crippen molar-refractivity contribution in [2.75, 3.05) is 161 Å². The summed E-state index contributed by atoms with van der Waals surface area (Å²) in [6, 6.07) is 0. The standard InChI is InChI=1S/C5H11N.C5H9N.C4H10N2.C4H9NO.C4H9NS.C4H9N.C4H8O.C4H8S.C3H8N2.C3H6N2.10C2H6.7CH4/c2*1-2-4-6-5-3-1;1-2-6-4-3-5-1;2*1-3-6-4-2-5-1;3*1-2-4-5-3-1;2*1-2-5-3-4-1;10*1-2;;;;;;;/h6H,1-5H2;2,4,6H,1,3,5H2;5-6H,1-4H2;2*5H,1-4H2;5H,1-4H2;2*1-4H2;4-5H,1-3H2;1-2,4-5H,3H2;10*1-2H3;7*1H4. The van der Waals surface area contributed by atoms with E-state index in [2.05, 4.69) is 76.3 Å². The van der Waals surface area contributed by atoms with Gasteiger partial charge >= 0.3 is 0 Å². The molecule has 11 N–H and O–H groups in total. The summed E-state index contributed by atoms with van der Waals surface area (Å²) in [7, 11) is 0. The molecule has 0 aromatic heterocycles. The van der Waals surface area contributed by atoms with Crippen LogP contribution in [0.4, 0.5) is 0 Å². The van der Waals surface area contributed by atoms with E-state index < -0.39 is 0 Å². The first-order valence-electron chi connectivity index (χ1n) is 32.0. The van der Waals surface area contributed by atoms with Crippen molar-refractivity contribution in [1.29, 1.82) is 0 Å². The van der Waals surface area contributed by atoms with Gasteiger partial charge in [-0.25, -0.2) is 0 Å². The summed E-state index contributed by atoms with van der Waals surface area (Å²) in [5.74, 6) is 5.44. The largest absolute Gasteiger partial charge is 0.391 e. The molecule has 0 aromatic rings. The first-order valence-corrected chi connectivity index (χ1v) is 34.3. The smallest absolute Gasteiger partial charge is 0.0840 e. The Hall–Kier alpha value is -0.820. The number of hydrogen-bond donors (Lipinski definition) is 11. The Labute approximate surface area is 535 Å². The predicted molar refractivity (Wildman–Crippen MR) is 403 cm³/mol. The highest BCUT2D eigenvalue weighted by atomic mass is 32.2. The molecule has 0 spiro atoms. The Morgan fingerprint density at radius 2 is 0.561 bits per heavy atom. The maximum Gasteiger partial charge on any atom is 0.0840 e. The molecule has 0 atom stereocenters. The van der Waals surface area contributed by atoms with Gasteiger partial charge < -0.3 is 68.0 Å². The fraction of sp³-hybridized carbons (Fsp3) is 0.940. The molecule has 13 nitrogen and oxygen atoms in total. The van der Waals surface area contributed by atoms with Crippen molar-refractivity contribution in [3.63, 3.8) is 0 Å². The summed E-state index contributed by atoms with van der Waals surface area (Å²) >= 11 is 4.11. The van der Waals surface area contributed by atoms with Crippen LogP contribution < -0.4 is 58.5 Å². The van der Waals surface area contributed by atoms with Crippen LogP contribution in [0.25, 0.3) is 0 Å². The van der Waals surface area contributed by atoms with E-state index >= 15 is 0 Å². The number of ether oxygens (including phenoxy) is 2. The molecule has 0 aromatic carbocycles. The lowest BCUT2D eigenvalue weighted by Crippen LogP contribution is -2.39. The van der Waals surface area contributed by atoms with Gasteiger partial charge in [0.1, 0.15) is 0 Å². The van der Waals surface area contributed by atoms with Crippen molar-refractivity contribution in [3.05, 3.63) is 24.7 Å². The Kier molecular flexibility index (Phi) is 265. The van der Waals surface area contributed by atoms with Crippen LogP contribution in [0.15, 0.2) is 24.7 Å². The molecule has 10 aliphatic heterocycles. The minimum atomic E-state index is 0. The van der Waals surface area contributed by atoms with Gasteiger partial charge in [0.15, 0.2) is 0 Å². The summed E-state index contributed by atoms with van der Waals surface area (Å²) in [6.45, 7) is 63.1. The van der Waals surface area contributed by atoms with Crippen LogP contribution in [0.3, 0.4) is 0 Å². The zero-order valence-corrected chi connectivity index (χ0v) is 56.5. The topological polar surface area (TPSA) is 151 Å². The number of allylic oxidation sites excluding steroid dienone is 1. The molecule has 0 aliphatic carbocycles. The van der Waals surface area contributed by atoms with Gasteiger partial charge in [-0.1, -0.05) is 203 Å². The molecule has 15 heteroatoms. The van der Waals surface area contributed by atoms with E-state index in [1.54, 1.807) is 0 Å². The molecule has 10 heterocycles. The third-order valence-electron chi connectivity index (χ3n) is 8.65. The summed E-state index contributed by atoms with van der Waals surface area (Å²) in [4.78, 5) is 0. The second kappa shape index (κ2) is 171. The quantitative estimate of drug-likeness (QED) is 0.112. The first kappa shape index (κ1) is 127. The van der Waals surface area contributed by atoms with Crippen LogP contribution in [-0.2, 0) is 9.47 Å². The van der Waals surface area contributed by atoms with Crippen molar-refractivity contribution in [2.24, 2.45) is 0 Å². The van der Waals surface area contributed by atoms with Crippen LogP contribution in [0.5, 0.6) is 0 Å². The van der Waals surface area contributed by atoms with Gasteiger partial charge in [-0.05, 0) is 108 Å². The van der Waals surface area contributed by atoms with Crippen LogP contribution in [0, 0.1) is 0 Å². The first-order chi connectivity index (χ1) is 37.5. The number of piperazine rings is 1. The SMILES string of the molecule is C.C.C.C.C.C.C.C1=CNCCC1.C1=CNCN1.C1CCNC1.C1CCNCC1.C1CCOC1.C1CCSC1.C1CNCCN1.C1CNCN1.C1COCCN1.C1CSCCN1.CC.CC.CC.CC.CC.CC.CC.CC.CC.CC. The molecule has 0 bridgehead atoms. The second-order valence-corrected chi connectivity index (χ2v) is 16.2. The Morgan fingerprint density at radius 1 is 0.244 bits per heavy atom. The monoisotopic (exact) mass is 1230 g/mol. The van der Waals surface area contributed by atoms with E-state index in [1.807, 2.05) is 169 Å². The number of hydrogen-bond acceptors (Lipinski definition) is 15. The van der Waals surface area contributed by atoms with E-state index in [9.17, 15) is 0 Å². The lowest BCUT2D eigenvalue weighted by atomic mass is 10.2. The molecule has 8 saturated heterocycles. The minimum absolute atomic E-state index is 0. The summed E-state index contributed by atoms with van der Waals surface area (Å²) in [6.07, 6.45) is 23.0. The normalized spacial score (nSPS) is 16.1. The van der Waals surface area contributed by atoms with E-state index in [-0.39, 0.29) is 52.0 Å². The highest BCUT2D eigenvalue weighted by molar-refractivity contribution is 7.99. The number of morpholine rings is 1. The zero-order valence-electron chi connectivity index (χ0n) is 54.9. The molecule has 0 amide bonds. The van der Waals surface area contributed by atoms with E-state index in [4.69, 9.17) is 9.47 Å². The average molecular weight is 1230 g/mol. The van der Waals surface area contributed by atoms with Gasteiger partial charge in [-0.2, -0.15) is 23.5 Å². The van der Waals surface area contributed by atoms with Crippen LogP contribution in [-0.4, -0.2) is 161 Å². The zero-order chi connectivity index (χ0) is 58.9. The molecule has 82 heavy (non-hydrogen) atoms. The van der Waals surface area contributed by atoms with Crippen molar-refractivity contribution >= 4 is 23.5 Å². The molecule has 10 aliphatic rings. The van der Waals surface area contributed by atoms with Crippen molar-refractivity contribution in [2.45, 2.75) is 261 Å². The van der Waals surface area contributed by atoms with E-state index in [0.29, 0.717) is 0 Å². The minimum Gasteiger partial charge on any atom is -0.391 e. The fourth-order valence-corrected chi connectivity index (χ4v) is 7.19. The molecule has 0 unspecified atom stereocenters. The Morgan fingerprint density at radius 3 is 0.683 bits per heavy atom.